The van der Waals surface area contributed by atoms with Crippen LogP contribution in [0.2, 0.25) is 0 Å². The molecule has 0 aliphatic rings. The molecule has 0 amide bonds. The van der Waals surface area contributed by atoms with Crippen molar-refractivity contribution in [2.75, 3.05) is 39.6 Å². The highest BCUT2D eigenvalue weighted by atomic mass is 16.5. The molecule has 0 aromatic heterocycles. The van der Waals surface area contributed by atoms with E-state index in [1.807, 2.05) is 0 Å². The van der Waals surface area contributed by atoms with Crippen LogP contribution < -0.4 is 0 Å². The number of hydrogen-bond acceptors (Lipinski definition) is 12. The number of rotatable bonds is 6. The predicted octanol–water partition coefficient (Wildman–Crippen LogP) is 0.118. The summed E-state index contributed by atoms with van der Waals surface area (Å²) < 4.78 is 26.4. The third-order valence-corrected chi connectivity index (χ3v) is 2.09. The van der Waals surface area contributed by atoms with Gasteiger partial charge in [-0.1, -0.05) is 0 Å². The highest BCUT2D eigenvalue weighted by molar-refractivity contribution is 5.67. The summed E-state index contributed by atoms with van der Waals surface area (Å²) in [5.41, 5.74) is 0. The van der Waals surface area contributed by atoms with E-state index in [1.54, 1.807) is 41.5 Å². The Balaban J connectivity index is -0.0000000331. The van der Waals surface area contributed by atoms with Crippen LogP contribution >= 0.6 is 0 Å². The molecule has 0 unspecified atom stereocenters. The lowest BCUT2D eigenvalue weighted by atomic mass is 10.8. The van der Waals surface area contributed by atoms with Gasteiger partial charge in [0.25, 0.3) is 0 Å². The Kier molecular flexibility index (Phi) is 98.8. The van der Waals surface area contributed by atoms with Crippen molar-refractivity contribution in [2.24, 2.45) is 0 Å². The molecule has 0 saturated heterocycles. The molecule has 8 N–H and O–H groups in total. The van der Waals surface area contributed by atoms with Crippen molar-refractivity contribution >= 4 is 35.8 Å². The summed E-state index contributed by atoms with van der Waals surface area (Å²) in [6.45, 7) is 21.9. The molecular weight excluding hydrogens is 544 g/mol. The summed E-state index contributed by atoms with van der Waals surface area (Å²) in [5, 5.41) is 0. The lowest BCUT2D eigenvalue weighted by Crippen LogP contribution is -1.95. The van der Waals surface area contributed by atoms with Crippen molar-refractivity contribution in [1.82, 2.24) is 0 Å². The van der Waals surface area contributed by atoms with E-state index in [0.717, 1.165) is 0 Å². The summed E-state index contributed by atoms with van der Waals surface area (Å²) in [4.78, 5) is 58.9. The van der Waals surface area contributed by atoms with Crippen molar-refractivity contribution in [3.63, 3.8) is 0 Å². The fourth-order valence-corrected chi connectivity index (χ4v) is 1.22. The van der Waals surface area contributed by atoms with Crippen LogP contribution in [0.4, 0.5) is 0 Å². The normalized spacial score (nSPS) is 6.90. The molecular formula is C24H56O16. The van der Waals surface area contributed by atoms with Crippen LogP contribution in [-0.2, 0) is 57.2 Å². The maximum atomic E-state index is 9.82. The average Bonchev–Trinajstić information content (AvgIpc) is 2.69. The quantitative estimate of drug-likeness (QED) is 0.290. The zero-order valence-electron chi connectivity index (χ0n) is 26.1. The van der Waals surface area contributed by atoms with E-state index in [9.17, 15) is 28.8 Å². The minimum absolute atomic E-state index is 0. The average molecular weight is 601 g/mol. The molecule has 0 aliphatic heterocycles. The van der Waals surface area contributed by atoms with Crippen molar-refractivity contribution in [2.45, 2.75) is 83.1 Å². The Morgan fingerprint density at radius 3 is 0.375 bits per heavy atom. The molecule has 0 saturated carbocycles. The standard InChI is InChI=1S/6C4H8O2.4H2O/c6*1-3-6-4(2)5;;;;/h6*3H2,1-2H3;4*1H2. The van der Waals surface area contributed by atoms with E-state index in [2.05, 4.69) is 28.4 Å². The van der Waals surface area contributed by atoms with Crippen LogP contribution in [0.3, 0.4) is 0 Å². The minimum atomic E-state index is -0.211. The lowest BCUT2D eigenvalue weighted by molar-refractivity contribution is -0.141. The second kappa shape index (κ2) is 60.3. The maximum Gasteiger partial charge on any atom is 0.302 e. The van der Waals surface area contributed by atoms with Gasteiger partial charge in [-0.05, 0) is 41.5 Å². The molecule has 0 fully saturated rings. The molecule has 0 aromatic carbocycles. The highest BCUT2D eigenvalue weighted by Crippen LogP contribution is 1.72. The number of carbonyl (C=O) groups excluding carboxylic acids is 6. The second-order valence-corrected chi connectivity index (χ2v) is 5.55. The largest absolute Gasteiger partial charge is 0.466 e. The first-order valence-electron chi connectivity index (χ1n) is 11.4. The van der Waals surface area contributed by atoms with Crippen LogP contribution in [-0.4, -0.2) is 97.4 Å². The molecule has 0 radical (unpaired) electrons. The van der Waals surface area contributed by atoms with E-state index in [-0.39, 0.29) is 57.7 Å². The van der Waals surface area contributed by atoms with E-state index < -0.39 is 0 Å². The molecule has 0 bridgehead atoms. The Hall–Kier alpha value is -3.34. The molecule has 16 nitrogen and oxygen atoms in total. The van der Waals surface area contributed by atoms with E-state index in [1.165, 1.54) is 41.5 Å². The molecule has 0 atom stereocenters. The van der Waals surface area contributed by atoms with Gasteiger partial charge >= 0.3 is 35.8 Å². The molecule has 0 aliphatic carbocycles. The van der Waals surface area contributed by atoms with Crippen LogP contribution in [0, 0.1) is 0 Å². The monoisotopic (exact) mass is 600 g/mol. The molecule has 0 spiro atoms. The third kappa shape index (κ3) is 183. The fraction of sp³-hybridized carbons (Fsp3) is 0.750. The van der Waals surface area contributed by atoms with Gasteiger partial charge in [0.05, 0.1) is 39.6 Å². The summed E-state index contributed by atoms with van der Waals surface area (Å²) in [7, 11) is 0. The van der Waals surface area contributed by atoms with Crippen molar-refractivity contribution in [3.05, 3.63) is 0 Å². The van der Waals surface area contributed by atoms with Crippen LogP contribution in [0.5, 0.6) is 0 Å². The number of carbonyl (C=O) groups is 6. The summed E-state index contributed by atoms with van der Waals surface area (Å²) in [6, 6.07) is 0. The summed E-state index contributed by atoms with van der Waals surface area (Å²) in [6.07, 6.45) is 0. The fourth-order valence-electron chi connectivity index (χ4n) is 1.22. The first-order valence-corrected chi connectivity index (χ1v) is 11.4. The molecule has 40 heavy (non-hydrogen) atoms. The molecule has 0 aromatic rings. The van der Waals surface area contributed by atoms with Gasteiger partial charge in [-0.25, -0.2) is 0 Å². The van der Waals surface area contributed by atoms with Gasteiger partial charge in [-0.2, -0.15) is 0 Å². The minimum Gasteiger partial charge on any atom is -0.466 e. The lowest BCUT2D eigenvalue weighted by Gasteiger charge is -1.89. The van der Waals surface area contributed by atoms with Crippen molar-refractivity contribution < 1.29 is 79.1 Å². The SMILES string of the molecule is CCOC(C)=O.CCOC(C)=O.CCOC(C)=O.CCOC(C)=O.CCOC(C)=O.CCOC(C)=O.O.O.O.O. The van der Waals surface area contributed by atoms with Crippen LogP contribution in [0.1, 0.15) is 83.1 Å². The van der Waals surface area contributed by atoms with Crippen LogP contribution in [0.25, 0.3) is 0 Å². The van der Waals surface area contributed by atoms with Gasteiger partial charge in [0.15, 0.2) is 0 Å². The van der Waals surface area contributed by atoms with Crippen molar-refractivity contribution in [1.29, 1.82) is 0 Å². The second-order valence-electron chi connectivity index (χ2n) is 5.55. The molecule has 16 heteroatoms. The van der Waals surface area contributed by atoms with Gasteiger partial charge in [-0.15, -0.1) is 0 Å². The first kappa shape index (κ1) is 65.6. The third-order valence-electron chi connectivity index (χ3n) is 2.09. The molecule has 248 valence electrons. The topological polar surface area (TPSA) is 284 Å². The molecule has 0 rings (SSSR count). The zero-order chi connectivity index (χ0) is 29.9. The van der Waals surface area contributed by atoms with Crippen molar-refractivity contribution in [3.8, 4) is 0 Å². The Morgan fingerprint density at radius 1 is 0.300 bits per heavy atom. The van der Waals surface area contributed by atoms with Gasteiger partial charge in [0.1, 0.15) is 0 Å². The van der Waals surface area contributed by atoms with Gasteiger partial charge in [0, 0.05) is 41.5 Å². The number of ether oxygens (including phenoxy) is 6. The van der Waals surface area contributed by atoms with Gasteiger partial charge < -0.3 is 50.3 Å². The summed E-state index contributed by atoms with van der Waals surface area (Å²) >= 11 is 0. The van der Waals surface area contributed by atoms with Crippen LogP contribution in [0.15, 0.2) is 0 Å². The smallest absolute Gasteiger partial charge is 0.302 e. The van der Waals surface area contributed by atoms with E-state index in [0.29, 0.717) is 39.6 Å². The van der Waals surface area contributed by atoms with E-state index in [4.69, 9.17) is 0 Å². The Bertz CT molecular complexity index is 427. The number of esters is 6. The number of hydrogen-bond donors (Lipinski definition) is 0. The summed E-state index contributed by atoms with van der Waals surface area (Å²) in [5.74, 6) is -1.26. The Morgan fingerprint density at radius 2 is 0.375 bits per heavy atom. The Labute approximate surface area is 238 Å². The maximum absolute atomic E-state index is 9.82. The zero-order valence-corrected chi connectivity index (χ0v) is 26.1. The van der Waals surface area contributed by atoms with Gasteiger partial charge in [0.2, 0.25) is 0 Å². The molecule has 0 heterocycles. The van der Waals surface area contributed by atoms with E-state index >= 15 is 0 Å². The van der Waals surface area contributed by atoms with Gasteiger partial charge in [-0.3, -0.25) is 28.8 Å². The predicted molar refractivity (Wildman–Crippen MR) is 148 cm³/mol. The highest BCUT2D eigenvalue weighted by Gasteiger charge is 1.84. The first-order chi connectivity index (χ1) is 16.6.